The van der Waals surface area contributed by atoms with Gasteiger partial charge in [-0.1, -0.05) is 18.2 Å². The molecule has 1 aromatic carbocycles. The molecule has 1 aromatic rings. The van der Waals surface area contributed by atoms with Crippen molar-refractivity contribution in [2.75, 3.05) is 32.5 Å². The Bertz CT molecular complexity index is 592. The molecule has 2 aliphatic heterocycles. The van der Waals surface area contributed by atoms with Gasteiger partial charge in [-0.2, -0.15) is 0 Å². The zero-order valence-corrected chi connectivity index (χ0v) is 14.4. The normalized spacial score (nSPS) is 28.1. The zero-order chi connectivity index (χ0) is 17.1. The van der Waals surface area contributed by atoms with Gasteiger partial charge in [-0.05, 0) is 39.1 Å². The fourth-order valence-corrected chi connectivity index (χ4v) is 3.81. The van der Waals surface area contributed by atoms with Crippen molar-refractivity contribution in [2.24, 2.45) is 0 Å². The van der Waals surface area contributed by atoms with Gasteiger partial charge in [0.15, 0.2) is 0 Å². The van der Waals surface area contributed by atoms with Gasteiger partial charge in [-0.15, -0.1) is 0 Å². The number of likely N-dealkylation sites (N-methyl/N-ethyl adjacent to an activating group) is 2. The second kappa shape index (κ2) is 7.32. The lowest BCUT2D eigenvalue weighted by Gasteiger charge is -2.32. The molecule has 0 radical (unpaired) electrons. The highest BCUT2D eigenvalue weighted by Gasteiger charge is 2.43. The molecule has 0 spiro atoms. The molecule has 130 valence electrons. The molecule has 3 atom stereocenters. The van der Waals surface area contributed by atoms with Crippen LogP contribution in [0.1, 0.15) is 19.3 Å². The number of hydrogen-bond donors (Lipinski definition) is 2. The fraction of sp³-hybridized carbons (Fsp3) is 0.556. The molecular weight excluding hydrogens is 304 g/mol. The van der Waals surface area contributed by atoms with Crippen molar-refractivity contribution in [1.82, 2.24) is 15.1 Å². The van der Waals surface area contributed by atoms with Gasteiger partial charge in [0.05, 0.1) is 0 Å². The second-order valence-corrected chi connectivity index (χ2v) is 6.80. The van der Waals surface area contributed by atoms with E-state index in [2.05, 4.69) is 27.5 Å². The predicted octanol–water partition coefficient (Wildman–Crippen LogP) is 0.908. The number of carbonyl (C=O) groups is 2. The summed E-state index contributed by atoms with van der Waals surface area (Å²) in [6.07, 6.45) is 2.19. The molecule has 3 rings (SSSR count). The summed E-state index contributed by atoms with van der Waals surface area (Å²) in [4.78, 5) is 28.9. The minimum Gasteiger partial charge on any atom is -0.353 e. The second-order valence-electron chi connectivity index (χ2n) is 6.80. The molecule has 2 amide bonds. The van der Waals surface area contributed by atoms with E-state index in [1.165, 1.54) is 0 Å². The van der Waals surface area contributed by atoms with Gasteiger partial charge in [0.2, 0.25) is 11.8 Å². The third-order valence-corrected chi connectivity index (χ3v) is 5.26. The molecule has 2 N–H and O–H groups in total. The lowest BCUT2D eigenvalue weighted by atomic mass is 10.0. The molecule has 0 saturated carbocycles. The Morgan fingerprint density at radius 3 is 2.79 bits per heavy atom. The zero-order valence-electron chi connectivity index (χ0n) is 14.4. The number of para-hydroxylation sites is 1. The van der Waals surface area contributed by atoms with Gasteiger partial charge in [0.1, 0.15) is 6.04 Å². The molecule has 0 aliphatic carbocycles. The first-order valence-electron chi connectivity index (χ1n) is 8.61. The Balaban J connectivity index is 1.57. The van der Waals surface area contributed by atoms with Crippen molar-refractivity contribution >= 4 is 17.5 Å². The Hall–Kier alpha value is -1.92. The fourth-order valence-electron chi connectivity index (χ4n) is 3.81. The highest BCUT2D eigenvalue weighted by atomic mass is 16.2. The monoisotopic (exact) mass is 330 g/mol. The molecule has 24 heavy (non-hydrogen) atoms. The van der Waals surface area contributed by atoms with Crippen molar-refractivity contribution in [3.8, 4) is 0 Å². The van der Waals surface area contributed by atoms with Gasteiger partial charge < -0.3 is 10.6 Å². The van der Waals surface area contributed by atoms with E-state index in [0.29, 0.717) is 13.0 Å². The summed E-state index contributed by atoms with van der Waals surface area (Å²) in [5, 5.41) is 5.97. The van der Waals surface area contributed by atoms with Crippen molar-refractivity contribution in [1.29, 1.82) is 0 Å². The van der Waals surface area contributed by atoms with Crippen LogP contribution in [0.5, 0.6) is 0 Å². The van der Waals surface area contributed by atoms with E-state index >= 15 is 0 Å². The first kappa shape index (κ1) is 16.9. The molecule has 2 aliphatic rings. The third-order valence-electron chi connectivity index (χ3n) is 5.26. The number of likely N-dealkylation sites (tertiary alicyclic amines) is 1. The molecule has 6 nitrogen and oxygen atoms in total. The van der Waals surface area contributed by atoms with Gasteiger partial charge in [0, 0.05) is 37.3 Å². The third kappa shape index (κ3) is 3.60. The van der Waals surface area contributed by atoms with E-state index in [1.807, 2.05) is 37.4 Å². The van der Waals surface area contributed by atoms with Crippen molar-refractivity contribution < 1.29 is 9.59 Å². The van der Waals surface area contributed by atoms with Gasteiger partial charge in [-0.3, -0.25) is 19.4 Å². The average molecular weight is 330 g/mol. The number of rotatable bonds is 4. The maximum absolute atomic E-state index is 12.3. The van der Waals surface area contributed by atoms with Crippen LogP contribution >= 0.6 is 0 Å². The van der Waals surface area contributed by atoms with Gasteiger partial charge >= 0.3 is 0 Å². The molecule has 2 saturated heterocycles. The first-order chi connectivity index (χ1) is 11.6. The molecular formula is C18H26N4O2. The molecule has 3 unspecified atom stereocenters. The maximum atomic E-state index is 12.3. The molecule has 2 fully saturated rings. The number of anilines is 1. The summed E-state index contributed by atoms with van der Waals surface area (Å²) in [7, 11) is 4.09. The van der Waals surface area contributed by atoms with E-state index in [1.54, 1.807) is 0 Å². The van der Waals surface area contributed by atoms with Crippen LogP contribution in [0.3, 0.4) is 0 Å². The van der Waals surface area contributed by atoms with E-state index in [0.717, 1.165) is 25.1 Å². The van der Waals surface area contributed by atoms with Crippen LogP contribution in [0, 0.1) is 0 Å². The van der Waals surface area contributed by atoms with Crippen molar-refractivity contribution in [2.45, 2.75) is 37.4 Å². The Labute approximate surface area is 143 Å². The van der Waals surface area contributed by atoms with Crippen molar-refractivity contribution in [3.05, 3.63) is 30.3 Å². The SMILES string of the molecule is CN1CCC2C1C(=O)NCC(CCC(=O)Nc1ccccc1)N2C. The topological polar surface area (TPSA) is 64.7 Å². The largest absolute Gasteiger partial charge is 0.353 e. The Morgan fingerprint density at radius 2 is 2.04 bits per heavy atom. The number of hydrogen-bond acceptors (Lipinski definition) is 4. The highest BCUT2D eigenvalue weighted by molar-refractivity contribution is 5.90. The molecule has 2 heterocycles. The summed E-state index contributed by atoms with van der Waals surface area (Å²) in [6, 6.07) is 9.86. The van der Waals surface area contributed by atoms with Crippen LogP contribution < -0.4 is 10.6 Å². The Kier molecular flexibility index (Phi) is 5.16. The molecule has 0 aromatic heterocycles. The van der Waals surface area contributed by atoms with Crippen molar-refractivity contribution in [3.63, 3.8) is 0 Å². The van der Waals surface area contributed by atoms with E-state index in [9.17, 15) is 9.59 Å². The number of fused-ring (bicyclic) bond motifs is 1. The van der Waals surface area contributed by atoms with Crippen LogP contribution in [-0.2, 0) is 9.59 Å². The van der Waals surface area contributed by atoms with Crippen LogP contribution in [-0.4, -0.2) is 66.9 Å². The smallest absolute Gasteiger partial charge is 0.239 e. The summed E-state index contributed by atoms with van der Waals surface area (Å²) < 4.78 is 0. The Morgan fingerprint density at radius 1 is 1.29 bits per heavy atom. The predicted molar refractivity (Wildman–Crippen MR) is 93.7 cm³/mol. The van der Waals surface area contributed by atoms with E-state index in [4.69, 9.17) is 0 Å². The highest BCUT2D eigenvalue weighted by Crippen LogP contribution is 2.25. The van der Waals surface area contributed by atoms with Crippen LogP contribution in [0.25, 0.3) is 0 Å². The number of nitrogens with one attached hydrogen (secondary N) is 2. The summed E-state index contributed by atoms with van der Waals surface area (Å²) >= 11 is 0. The summed E-state index contributed by atoms with van der Waals surface area (Å²) in [5.41, 5.74) is 0.822. The number of benzene rings is 1. The quantitative estimate of drug-likeness (QED) is 0.861. The number of carbonyl (C=O) groups excluding carboxylic acids is 2. The molecule has 6 heteroatoms. The lowest BCUT2D eigenvalue weighted by molar-refractivity contribution is -0.125. The number of amides is 2. The first-order valence-corrected chi connectivity index (χ1v) is 8.61. The minimum absolute atomic E-state index is 0.0188. The molecule has 0 bridgehead atoms. The van der Waals surface area contributed by atoms with Gasteiger partial charge in [0.25, 0.3) is 0 Å². The summed E-state index contributed by atoms with van der Waals surface area (Å²) in [6.45, 7) is 1.54. The van der Waals surface area contributed by atoms with E-state index < -0.39 is 0 Å². The standard InChI is InChI=1S/C18H26N4O2/c1-21-11-10-15-17(21)18(24)19-12-14(22(15)2)8-9-16(23)20-13-6-4-3-5-7-13/h3-7,14-15,17H,8-12H2,1-2H3,(H,19,24)(H,20,23). The van der Waals surface area contributed by atoms with Crippen LogP contribution in [0.2, 0.25) is 0 Å². The summed E-state index contributed by atoms with van der Waals surface area (Å²) in [5.74, 6) is 0.133. The average Bonchev–Trinajstić information content (AvgIpc) is 2.91. The van der Waals surface area contributed by atoms with Gasteiger partial charge in [-0.25, -0.2) is 0 Å². The maximum Gasteiger partial charge on any atom is 0.239 e. The lowest BCUT2D eigenvalue weighted by Crippen LogP contribution is -2.48. The van der Waals surface area contributed by atoms with E-state index in [-0.39, 0.29) is 29.9 Å². The minimum atomic E-state index is -0.0712. The number of nitrogens with zero attached hydrogens (tertiary/aromatic N) is 2. The van der Waals surface area contributed by atoms with Crippen LogP contribution in [0.15, 0.2) is 30.3 Å². The van der Waals surface area contributed by atoms with Crippen LogP contribution in [0.4, 0.5) is 5.69 Å².